The van der Waals surface area contributed by atoms with Gasteiger partial charge in [-0.2, -0.15) is 0 Å². The van der Waals surface area contributed by atoms with Crippen LogP contribution in [0.25, 0.3) is 10.9 Å². The third-order valence-corrected chi connectivity index (χ3v) is 4.74. The van der Waals surface area contributed by atoms with Crippen LogP contribution in [0.5, 0.6) is 0 Å². The van der Waals surface area contributed by atoms with Crippen molar-refractivity contribution in [1.82, 2.24) is 4.57 Å². The Morgan fingerprint density at radius 1 is 0.944 bits per heavy atom. The van der Waals surface area contributed by atoms with Crippen LogP contribution >= 0.6 is 11.8 Å². The van der Waals surface area contributed by atoms with Crippen LogP contribution in [-0.4, -0.2) is 10.3 Å². The van der Waals surface area contributed by atoms with Crippen LogP contribution < -0.4 is 0 Å². The van der Waals surface area contributed by atoms with Gasteiger partial charge in [0.05, 0.1) is 11.6 Å². The number of nitrogens with zero attached hydrogens (tertiary/aromatic N) is 1. The van der Waals surface area contributed by atoms with Gasteiger partial charge in [0.1, 0.15) is 0 Å². The maximum absolute atomic E-state index is 2.43. The van der Waals surface area contributed by atoms with Gasteiger partial charge < -0.3 is 4.57 Å². The molecule has 1 atom stereocenters. The third-order valence-electron chi connectivity index (χ3n) is 3.62. The highest BCUT2D eigenvalue weighted by Crippen LogP contribution is 2.39. The SMILES string of the molecule is c1ccc(C2CSc3cccc4ccn2c34)cc1. The molecule has 0 fully saturated rings. The number of benzene rings is 2. The fraction of sp³-hybridized carbons (Fsp3) is 0.125. The minimum Gasteiger partial charge on any atom is -0.338 e. The molecule has 1 unspecified atom stereocenters. The van der Waals surface area contributed by atoms with Crippen molar-refractivity contribution in [2.24, 2.45) is 0 Å². The molecule has 18 heavy (non-hydrogen) atoms. The van der Waals surface area contributed by atoms with E-state index in [1.54, 1.807) is 0 Å². The predicted molar refractivity (Wildman–Crippen MR) is 77.2 cm³/mol. The van der Waals surface area contributed by atoms with Crippen molar-refractivity contribution in [2.45, 2.75) is 10.9 Å². The molecule has 0 saturated heterocycles. The summed E-state index contributed by atoms with van der Waals surface area (Å²) in [6.07, 6.45) is 2.23. The molecule has 2 heteroatoms. The molecule has 1 nitrogen and oxygen atoms in total. The summed E-state index contributed by atoms with van der Waals surface area (Å²) in [5, 5.41) is 1.35. The summed E-state index contributed by atoms with van der Waals surface area (Å²) < 4.78 is 2.43. The van der Waals surface area contributed by atoms with Crippen molar-refractivity contribution in [3.8, 4) is 0 Å². The van der Waals surface area contributed by atoms with E-state index in [9.17, 15) is 0 Å². The Bertz CT molecular complexity index is 699. The molecule has 3 aromatic rings. The molecular weight excluding hydrogens is 238 g/mol. The first-order valence-corrected chi connectivity index (χ1v) is 7.19. The Balaban J connectivity index is 1.94. The monoisotopic (exact) mass is 251 g/mol. The molecule has 1 aliphatic rings. The topological polar surface area (TPSA) is 4.93 Å². The van der Waals surface area contributed by atoms with Gasteiger partial charge in [-0.3, -0.25) is 0 Å². The highest BCUT2D eigenvalue weighted by Gasteiger charge is 2.22. The maximum Gasteiger partial charge on any atom is 0.0680 e. The van der Waals surface area contributed by atoms with Gasteiger partial charge in [0.15, 0.2) is 0 Å². The van der Waals surface area contributed by atoms with Crippen LogP contribution in [0, 0.1) is 0 Å². The molecule has 0 saturated carbocycles. The number of para-hydroxylation sites is 1. The van der Waals surface area contributed by atoms with Gasteiger partial charge in [-0.25, -0.2) is 0 Å². The number of hydrogen-bond acceptors (Lipinski definition) is 1. The van der Waals surface area contributed by atoms with Crippen LogP contribution in [0.3, 0.4) is 0 Å². The maximum atomic E-state index is 2.43. The average molecular weight is 251 g/mol. The molecule has 0 N–H and O–H groups in total. The largest absolute Gasteiger partial charge is 0.338 e. The van der Waals surface area contributed by atoms with E-state index in [2.05, 4.69) is 65.4 Å². The molecule has 4 rings (SSSR count). The van der Waals surface area contributed by atoms with Crippen LogP contribution in [0.15, 0.2) is 65.7 Å². The van der Waals surface area contributed by atoms with Crippen molar-refractivity contribution < 1.29 is 0 Å². The molecule has 0 aliphatic carbocycles. The lowest BCUT2D eigenvalue weighted by Crippen LogP contribution is -2.15. The Morgan fingerprint density at radius 2 is 1.83 bits per heavy atom. The fourth-order valence-electron chi connectivity index (χ4n) is 2.74. The van der Waals surface area contributed by atoms with Gasteiger partial charge in [-0.1, -0.05) is 42.5 Å². The first-order valence-electron chi connectivity index (χ1n) is 6.21. The van der Waals surface area contributed by atoms with E-state index < -0.39 is 0 Å². The van der Waals surface area contributed by atoms with Gasteiger partial charge in [-0.15, -0.1) is 11.8 Å². The molecule has 1 aromatic heterocycles. The fourth-order valence-corrected chi connectivity index (χ4v) is 3.97. The van der Waals surface area contributed by atoms with Crippen molar-refractivity contribution >= 4 is 22.7 Å². The lowest BCUT2D eigenvalue weighted by molar-refractivity contribution is 0.663. The Kier molecular flexibility index (Phi) is 2.24. The zero-order valence-corrected chi connectivity index (χ0v) is 10.7. The molecule has 0 spiro atoms. The Hall–Kier alpha value is -1.67. The number of hydrogen-bond donors (Lipinski definition) is 0. The molecule has 1 aliphatic heterocycles. The summed E-state index contributed by atoms with van der Waals surface area (Å²) in [6, 6.07) is 20.0. The van der Waals surface area contributed by atoms with Crippen LogP contribution in [-0.2, 0) is 0 Å². The standard InChI is InChI=1S/C16H13NS/c1-2-5-12(6-3-1)14-11-18-15-8-4-7-13-9-10-17(14)16(13)15/h1-10,14H,11H2. The highest BCUT2D eigenvalue weighted by molar-refractivity contribution is 7.99. The Morgan fingerprint density at radius 3 is 2.72 bits per heavy atom. The van der Waals surface area contributed by atoms with E-state index in [1.165, 1.54) is 21.4 Å². The van der Waals surface area contributed by atoms with Crippen molar-refractivity contribution in [1.29, 1.82) is 0 Å². The van der Waals surface area contributed by atoms with E-state index in [0.717, 1.165) is 5.75 Å². The molecule has 0 radical (unpaired) electrons. The zero-order valence-electron chi connectivity index (χ0n) is 9.91. The van der Waals surface area contributed by atoms with E-state index in [-0.39, 0.29) is 0 Å². The average Bonchev–Trinajstić information content (AvgIpc) is 2.87. The smallest absolute Gasteiger partial charge is 0.0680 e. The van der Waals surface area contributed by atoms with Gasteiger partial charge in [0.2, 0.25) is 0 Å². The number of rotatable bonds is 1. The molecule has 2 heterocycles. The van der Waals surface area contributed by atoms with Gasteiger partial charge in [0.25, 0.3) is 0 Å². The Labute approximate surface area is 110 Å². The summed E-state index contributed by atoms with van der Waals surface area (Å²) in [5.74, 6) is 1.12. The van der Waals surface area contributed by atoms with E-state index in [0.29, 0.717) is 6.04 Å². The molecular formula is C16H13NS. The summed E-state index contributed by atoms with van der Waals surface area (Å²) in [6.45, 7) is 0. The lowest BCUT2D eigenvalue weighted by atomic mass is 10.1. The van der Waals surface area contributed by atoms with Crippen molar-refractivity contribution in [3.05, 3.63) is 66.4 Å². The minimum absolute atomic E-state index is 0.462. The second-order valence-electron chi connectivity index (χ2n) is 4.65. The number of aromatic nitrogens is 1. The molecule has 88 valence electrons. The zero-order chi connectivity index (χ0) is 11.9. The minimum atomic E-state index is 0.462. The number of thioether (sulfide) groups is 1. The van der Waals surface area contributed by atoms with Crippen LogP contribution in [0.1, 0.15) is 11.6 Å². The van der Waals surface area contributed by atoms with Crippen molar-refractivity contribution in [2.75, 3.05) is 5.75 Å². The molecule has 0 bridgehead atoms. The highest BCUT2D eigenvalue weighted by atomic mass is 32.2. The van der Waals surface area contributed by atoms with E-state index >= 15 is 0 Å². The summed E-state index contributed by atoms with van der Waals surface area (Å²) in [5.41, 5.74) is 2.79. The first kappa shape index (κ1) is 10.3. The van der Waals surface area contributed by atoms with Crippen LogP contribution in [0.4, 0.5) is 0 Å². The normalized spacial score (nSPS) is 18.1. The summed E-state index contributed by atoms with van der Waals surface area (Å²) in [7, 11) is 0. The van der Waals surface area contributed by atoms with Gasteiger partial charge in [-0.05, 0) is 17.7 Å². The van der Waals surface area contributed by atoms with Crippen LogP contribution in [0.2, 0.25) is 0 Å². The molecule has 0 amide bonds. The second-order valence-corrected chi connectivity index (χ2v) is 5.72. The van der Waals surface area contributed by atoms with E-state index in [4.69, 9.17) is 0 Å². The van der Waals surface area contributed by atoms with Gasteiger partial charge in [0, 0.05) is 22.2 Å². The summed E-state index contributed by atoms with van der Waals surface area (Å²) >= 11 is 1.97. The summed E-state index contributed by atoms with van der Waals surface area (Å²) in [4.78, 5) is 1.41. The van der Waals surface area contributed by atoms with Gasteiger partial charge >= 0.3 is 0 Å². The van der Waals surface area contributed by atoms with E-state index in [1.807, 2.05) is 11.8 Å². The second kappa shape index (κ2) is 3.92. The molecule has 2 aromatic carbocycles. The van der Waals surface area contributed by atoms with Crippen molar-refractivity contribution in [3.63, 3.8) is 0 Å². The quantitative estimate of drug-likeness (QED) is 0.623. The first-order chi connectivity index (χ1) is 8.93. The third kappa shape index (κ3) is 1.42. The predicted octanol–water partition coefficient (Wildman–Crippen LogP) is 4.34. The lowest BCUT2D eigenvalue weighted by Gasteiger charge is -2.25.